The minimum atomic E-state index is -0.428. The predicted molar refractivity (Wildman–Crippen MR) is 69.2 cm³/mol. The molecule has 96 valence electrons. The van der Waals surface area contributed by atoms with E-state index in [1.807, 2.05) is 39.0 Å². The number of allylic oxidation sites excluding steroid dienone is 1. The molecule has 0 aromatic heterocycles. The topological polar surface area (TPSA) is 52.6 Å². The number of hydrogen-bond acceptors (Lipinski definition) is 4. The van der Waals surface area contributed by atoms with Gasteiger partial charge < -0.3 is 5.32 Å². The molecule has 1 aromatic carbocycles. The molecule has 1 fully saturated rings. The molecule has 1 aliphatic rings. The molecule has 4 nitrogen and oxygen atoms in total. The fraction of sp³-hybridized carbons (Fsp3) is 0.357. The van der Waals surface area contributed by atoms with Crippen molar-refractivity contribution >= 4 is 5.78 Å². The number of hydrogen-bond donors (Lipinski definition) is 2. The van der Waals surface area contributed by atoms with Gasteiger partial charge in [-0.2, -0.15) is 0 Å². The summed E-state index contributed by atoms with van der Waals surface area (Å²) in [4.78, 5) is 12.0. The number of rotatable bonds is 2. The van der Waals surface area contributed by atoms with Gasteiger partial charge in [-0.15, -0.1) is 0 Å². The molecule has 0 radical (unpaired) electrons. The van der Waals surface area contributed by atoms with E-state index in [1.54, 1.807) is 12.1 Å². The smallest absolute Gasteiger partial charge is 0.189 e. The molecule has 1 aromatic rings. The maximum Gasteiger partial charge on any atom is 0.189 e. The van der Waals surface area contributed by atoms with Gasteiger partial charge in [-0.05, 0) is 20.8 Å². The van der Waals surface area contributed by atoms with Gasteiger partial charge in [-0.1, -0.05) is 30.3 Å². The molecule has 4 heteroatoms. The normalized spacial score (nSPS) is 24.1. The van der Waals surface area contributed by atoms with Crippen molar-refractivity contribution in [3.05, 3.63) is 47.8 Å². The Hall–Kier alpha value is -1.81. The molecule has 1 atom stereocenters. The molecule has 1 unspecified atom stereocenters. The lowest BCUT2D eigenvalue weighted by molar-refractivity contribution is -0.113. The van der Waals surface area contributed by atoms with E-state index in [0.29, 0.717) is 11.4 Å². The molecule has 0 amide bonds. The third-order valence-electron chi connectivity index (χ3n) is 3.52. The summed E-state index contributed by atoms with van der Waals surface area (Å²) in [5.74, 6) is 0.323. The van der Waals surface area contributed by atoms with Crippen molar-refractivity contribution in [2.45, 2.75) is 32.4 Å². The maximum atomic E-state index is 12.0. The summed E-state index contributed by atoms with van der Waals surface area (Å²) in [5, 5.41) is 14.3. The first-order valence-corrected chi connectivity index (χ1v) is 5.99. The molecule has 1 heterocycles. The molecule has 2 rings (SSSR count). The van der Waals surface area contributed by atoms with Gasteiger partial charge in [0.15, 0.2) is 5.78 Å². The van der Waals surface area contributed by atoms with E-state index < -0.39 is 5.54 Å². The summed E-state index contributed by atoms with van der Waals surface area (Å²) in [7, 11) is 0. The first kappa shape index (κ1) is 12.6. The second kappa shape index (κ2) is 4.46. The van der Waals surface area contributed by atoms with Gasteiger partial charge in [-0.3, -0.25) is 10.0 Å². The average Bonchev–Trinajstić information content (AvgIpc) is 2.54. The number of ketones is 1. The summed E-state index contributed by atoms with van der Waals surface area (Å²) in [6.07, 6.45) is 1.43. The Morgan fingerprint density at radius 3 is 2.50 bits per heavy atom. The van der Waals surface area contributed by atoms with Crippen molar-refractivity contribution in [1.29, 1.82) is 0 Å². The highest BCUT2D eigenvalue weighted by molar-refractivity contribution is 6.04. The summed E-state index contributed by atoms with van der Waals surface area (Å²) < 4.78 is 0. The standard InChI is InChI=1S/C14H18N2O2/c1-10-14(2,3)16(18)13(15-10)9-12(17)11-7-5-4-6-8-11/h4-10,15,18H,1-3H3. The van der Waals surface area contributed by atoms with Gasteiger partial charge in [0.1, 0.15) is 5.82 Å². The molecule has 1 saturated heterocycles. The van der Waals surface area contributed by atoms with Crippen LogP contribution in [0.25, 0.3) is 0 Å². The third-order valence-corrected chi connectivity index (χ3v) is 3.52. The van der Waals surface area contributed by atoms with Crippen molar-refractivity contribution in [3.8, 4) is 0 Å². The number of nitrogens with zero attached hydrogens (tertiary/aromatic N) is 1. The minimum Gasteiger partial charge on any atom is -0.365 e. The Kier molecular flexibility index (Phi) is 3.13. The lowest BCUT2D eigenvalue weighted by Gasteiger charge is -2.28. The number of nitrogens with one attached hydrogen (secondary N) is 1. The first-order chi connectivity index (χ1) is 8.43. The Balaban J connectivity index is 2.23. The van der Waals surface area contributed by atoms with E-state index in [1.165, 1.54) is 6.08 Å². The van der Waals surface area contributed by atoms with Crippen LogP contribution in [0.4, 0.5) is 0 Å². The zero-order chi connectivity index (χ0) is 13.3. The van der Waals surface area contributed by atoms with Gasteiger partial charge >= 0.3 is 0 Å². The monoisotopic (exact) mass is 246 g/mol. The second-order valence-corrected chi connectivity index (χ2v) is 5.09. The fourth-order valence-corrected chi connectivity index (χ4v) is 1.87. The van der Waals surface area contributed by atoms with Crippen LogP contribution in [0.3, 0.4) is 0 Å². The van der Waals surface area contributed by atoms with E-state index in [9.17, 15) is 10.0 Å². The Bertz CT molecular complexity index is 480. The molecule has 0 saturated carbocycles. The van der Waals surface area contributed by atoms with Crippen molar-refractivity contribution in [3.63, 3.8) is 0 Å². The molecular formula is C14H18N2O2. The van der Waals surface area contributed by atoms with E-state index in [0.717, 1.165) is 5.06 Å². The summed E-state index contributed by atoms with van der Waals surface area (Å²) >= 11 is 0. The van der Waals surface area contributed by atoms with E-state index in [2.05, 4.69) is 5.32 Å². The summed E-state index contributed by atoms with van der Waals surface area (Å²) in [6, 6.07) is 9.07. The van der Waals surface area contributed by atoms with Crippen molar-refractivity contribution in [2.75, 3.05) is 0 Å². The van der Waals surface area contributed by atoms with Crippen LogP contribution in [0.15, 0.2) is 42.2 Å². The zero-order valence-electron chi connectivity index (χ0n) is 10.8. The SMILES string of the molecule is CC1NC(=CC(=O)c2ccccc2)N(O)C1(C)C. The number of carbonyl (C=O) groups is 1. The summed E-state index contributed by atoms with van der Waals surface area (Å²) in [6.45, 7) is 5.80. The molecule has 0 spiro atoms. The zero-order valence-corrected chi connectivity index (χ0v) is 10.8. The minimum absolute atomic E-state index is 0.0670. The van der Waals surface area contributed by atoms with Gasteiger partial charge in [0.2, 0.25) is 0 Å². The highest BCUT2D eigenvalue weighted by atomic mass is 16.5. The predicted octanol–water partition coefficient (Wildman–Crippen LogP) is 2.17. The van der Waals surface area contributed by atoms with Crippen LogP contribution in [-0.4, -0.2) is 27.6 Å². The second-order valence-electron chi connectivity index (χ2n) is 5.09. The van der Waals surface area contributed by atoms with Crippen molar-refractivity contribution in [2.24, 2.45) is 0 Å². The van der Waals surface area contributed by atoms with Crippen LogP contribution in [0.5, 0.6) is 0 Å². The van der Waals surface area contributed by atoms with Crippen LogP contribution in [0.2, 0.25) is 0 Å². The molecule has 0 aliphatic carbocycles. The van der Waals surface area contributed by atoms with Crippen molar-refractivity contribution < 1.29 is 10.0 Å². The number of carbonyl (C=O) groups excluding carboxylic acids is 1. The third kappa shape index (κ3) is 2.11. The molecular weight excluding hydrogens is 228 g/mol. The van der Waals surface area contributed by atoms with E-state index in [-0.39, 0.29) is 11.8 Å². The maximum absolute atomic E-state index is 12.0. The van der Waals surface area contributed by atoms with Crippen molar-refractivity contribution in [1.82, 2.24) is 10.4 Å². The summed E-state index contributed by atoms with van der Waals surface area (Å²) in [5.41, 5.74) is 0.181. The van der Waals surface area contributed by atoms with Crippen LogP contribution in [0.1, 0.15) is 31.1 Å². The fourth-order valence-electron chi connectivity index (χ4n) is 1.87. The molecule has 0 bridgehead atoms. The van der Waals surface area contributed by atoms with Gasteiger partial charge in [0, 0.05) is 17.7 Å². The first-order valence-electron chi connectivity index (χ1n) is 5.99. The van der Waals surface area contributed by atoms with Crippen LogP contribution in [0, 0.1) is 0 Å². The molecule has 1 aliphatic heterocycles. The van der Waals surface area contributed by atoms with Gasteiger partial charge in [-0.25, -0.2) is 5.06 Å². The molecule has 18 heavy (non-hydrogen) atoms. The average molecular weight is 246 g/mol. The van der Waals surface area contributed by atoms with Crippen LogP contribution >= 0.6 is 0 Å². The highest BCUT2D eigenvalue weighted by Gasteiger charge is 2.40. The number of benzene rings is 1. The van der Waals surface area contributed by atoms with E-state index in [4.69, 9.17) is 0 Å². The van der Waals surface area contributed by atoms with Crippen LogP contribution < -0.4 is 5.32 Å². The Labute approximate surface area is 107 Å². The largest absolute Gasteiger partial charge is 0.365 e. The lowest BCUT2D eigenvalue weighted by Crippen LogP contribution is -2.42. The Morgan fingerprint density at radius 1 is 1.39 bits per heavy atom. The number of hydroxylamine groups is 2. The molecule has 2 N–H and O–H groups in total. The van der Waals surface area contributed by atoms with Crippen LogP contribution in [-0.2, 0) is 0 Å². The Morgan fingerprint density at radius 2 is 2.00 bits per heavy atom. The lowest BCUT2D eigenvalue weighted by atomic mass is 9.98. The van der Waals surface area contributed by atoms with Gasteiger partial charge in [0.25, 0.3) is 0 Å². The van der Waals surface area contributed by atoms with E-state index >= 15 is 0 Å². The highest BCUT2D eigenvalue weighted by Crippen LogP contribution is 2.27. The van der Waals surface area contributed by atoms with Gasteiger partial charge in [0.05, 0.1) is 5.54 Å². The quantitative estimate of drug-likeness (QED) is 0.620.